The van der Waals surface area contributed by atoms with Crippen molar-refractivity contribution >= 4 is 5.95 Å². The van der Waals surface area contributed by atoms with Crippen LogP contribution in [0.15, 0.2) is 67.0 Å². The van der Waals surface area contributed by atoms with Gasteiger partial charge in [-0.1, -0.05) is 42.5 Å². The Morgan fingerprint density at radius 2 is 1.50 bits per heavy atom. The predicted molar refractivity (Wildman–Crippen MR) is 73.4 cm³/mol. The van der Waals surface area contributed by atoms with Crippen LogP contribution >= 0.6 is 0 Å². The molecule has 3 rings (SSSR count). The molecule has 0 bridgehead atoms. The van der Waals surface area contributed by atoms with Crippen LogP contribution < -0.4 is 5.73 Å². The molecule has 0 atom stereocenters. The van der Waals surface area contributed by atoms with Crippen molar-refractivity contribution in [3.05, 3.63) is 67.0 Å². The molecular formula is C15H13N3. The molecule has 0 radical (unpaired) electrons. The lowest BCUT2D eigenvalue weighted by Crippen LogP contribution is -1.99. The van der Waals surface area contributed by atoms with Crippen LogP contribution in [0.2, 0.25) is 0 Å². The number of hydrogen-bond acceptors (Lipinski definition) is 2. The Hall–Kier alpha value is -2.55. The number of aromatic nitrogens is 2. The summed E-state index contributed by atoms with van der Waals surface area (Å²) in [5.74, 6) is 0.502. The highest BCUT2D eigenvalue weighted by atomic mass is 15.1. The standard InChI is InChI=1S/C15H13N3/c16-15-17-10-11-18(15)14-8-6-13(7-9-14)12-4-2-1-3-5-12/h1-11H,(H2,16,17). The van der Waals surface area contributed by atoms with Gasteiger partial charge in [0.1, 0.15) is 0 Å². The Kier molecular flexibility index (Phi) is 2.57. The van der Waals surface area contributed by atoms with Gasteiger partial charge in [-0.15, -0.1) is 0 Å². The number of rotatable bonds is 2. The van der Waals surface area contributed by atoms with Crippen molar-refractivity contribution in [2.24, 2.45) is 0 Å². The number of benzene rings is 2. The maximum absolute atomic E-state index is 5.77. The molecule has 3 nitrogen and oxygen atoms in total. The Morgan fingerprint density at radius 3 is 2.11 bits per heavy atom. The summed E-state index contributed by atoms with van der Waals surface area (Å²) < 4.78 is 1.86. The third kappa shape index (κ3) is 1.86. The number of anilines is 1. The summed E-state index contributed by atoms with van der Waals surface area (Å²) in [6.07, 6.45) is 3.55. The molecule has 0 unspecified atom stereocenters. The van der Waals surface area contributed by atoms with E-state index in [-0.39, 0.29) is 0 Å². The van der Waals surface area contributed by atoms with Crippen molar-refractivity contribution in [2.75, 3.05) is 5.73 Å². The van der Waals surface area contributed by atoms with Crippen LogP contribution in [0.5, 0.6) is 0 Å². The first-order valence-corrected chi connectivity index (χ1v) is 5.79. The summed E-state index contributed by atoms with van der Waals surface area (Å²) in [5, 5.41) is 0. The van der Waals surface area contributed by atoms with E-state index in [1.807, 2.05) is 41.1 Å². The second kappa shape index (κ2) is 4.37. The highest BCUT2D eigenvalue weighted by Crippen LogP contribution is 2.21. The summed E-state index contributed by atoms with van der Waals surface area (Å²) in [7, 11) is 0. The van der Waals surface area contributed by atoms with Crippen LogP contribution in [-0.4, -0.2) is 9.55 Å². The minimum atomic E-state index is 0.502. The highest BCUT2D eigenvalue weighted by Gasteiger charge is 2.01. The lowest BCUT2D eigenvalue weighted by Gasteiger charge is -2.06. The Bertz CT molecular complexity index is 639. The zero-order chi connectivity index (χ0) is 12.4. The maximum atomic E-state index is 5.77. The van der Waals surface area contributed by atoms with E-state index in [2.05, 4.69) is 29.2 Å². The van der Waals surface area contributed by atoms with Crippen LogP contribution in [0.25, 0.3) is 16.8 Å². The van der Waals surface area contributed by atoms with Gasteiger partial charge in [0, 0.05) is 18.1 Å². The van der Waals surface area contributed by atoms with E-state index in [1.54, 1.807) is 6.20 Å². The summed E-state index contributed by atoms with van der Waals surface area (Å²) in [5.41, 5.74) is 9.20. The van der Waals surface area contributed by atoms with Gasteiger partial charge in [0.2, 0.25) is 5.95 Å². The van der Waals surface area contributed by atoms with Crippen molar-refractivity contribution < 1.29 is 0 Å². The van der Waals surface area contributed by atoms with Gasteiger partial charge in [-0.25, -0.2) is 4.98 Å². The minimum absolute atomic E-state index is 0.502. The Morgan fingerprint density at radius 1 is 0.833 bits per heavy atom. The molecule has 1 heterocycles. The van der Waals surface area contributed by atoms with Gasteiger partial charge >= 0.3 is 0 Å². The molecule has 0 saturated heterocycles. The zero-order valence-corrected chi connectivity index (χ0v) is 9.82. The lowest BCUT2D eigenvalue weighted by atomic mass is 10.1. The van der Waals surface area contributed by atoms with Gasteiger partial charge < -0.3 is 5.73 Å². The molecule has 1 aromatic heterocycles. The number of hydrogen-bond donors (Lipinski definition) is 1. The van der Waals surface area contributed by atoms with Crippen molar-refractivity contribution in [2.45, 2.75) is 0 Å². The topological polar surface area (TPSA) is 43.8 Å². The van der Waals surface area contributed by atoms with E-state index in [4.69, 9.17) is 5.73 Å². The number of nitrogen functional groups attached to an aromatic ring is 1. The summed E-state index contributed by atoms with van der Waals surface area (Å²) in [6.45, 7) is 0. The van der Waals surface area contributed by atoms with Crippen LogP contribution in [-0.2, 0) is 0 Å². The number of nitrogens with two attached hydrogens (primary N) is 1. The average molecular weight is 235 g/mol. The molecule has 2 aromatic carbocycles. The molecule has 3 heteroatoms. The van der Waals surface area contributed by atoms with E-state index in [1.165, 1.54) is 11.1 Å². The fraction of sp³-hybridized carbons (Fsp3) is 0. The molecule has 0 fully saturated rings. The van der Waals surface area contributed by atoms with Crippen molar-refractivity contribution in [1.82, 2.24) is 9.55 Å². The second-order valence-corrected chi connectivity index (χ2v) is 4.07. The first kappa shape index (κ1) is 10.6. The normalized spacial score (nSPS) is 10.4. The first-order valence-electron chi connectivity index (χ1n) is 5.79. The molecule has 0 aliphatic carbocycles. The van der Waals surface area contributed by atoms with Gasteiger partial charge in [0.05, 0.1) is 0 Å². The Labute approximate surface area is 106 Å². The summed E-state index contributed by atoms with van der Waals surface area (Å²) >= 11 is 0. The largest absolute Gasteiger partial charge is 0.369 e. The molecule has 88 valence electrons. The Balaban J connectivity index is 1.97. The van der Waals surface area contributed by atoms with Crippen LogP contribution in [0, 0.1) is 0 Å². The SMILES string of the molecule is Nc1nccn1-c1ccc(-c2ccccc2)cc1. The summed E-state index contributed by atoms with van der Waals surface area (Å²) in [6, 6.07) is 18.5. The smallest absolute Gasteiger partial charge is 0.204 e. The molecule has 0 amide bonds. The molecule has 0 spiro atoms. The van der Waals surface area contributed by atoms with Crippen LogP contribution in [0.3, 0.4) is 0 Å². The molecule has 0 aliphatic heterocycles. The van der Waals surface area contributed by atoms with Gasteiger partial charge in [-0.2, -0.15) is 0 Å². The van der Waals surface area contributed by atoms with Gasteiger partial charge in [-0.05, 0) is 23.3 Å². The van der Waals surface area contributed by atoms with Gasteiger partial charge in [-0.3, -0.25) is 4.57 Å². The number of nitrogens with zero attached hydrogens (tertiary/aromatic N) is 2. The first-order chi connectivity index (χ1) is 8.84. The minimum Gasteiger partial charge on any atom is -0.369 e. The van der Waals surface area contributed by atoms with E-state index < -0.39 is 0 Å². The van der Waals surface area contributed by atoms with Gasteiger partial charge in [0.15, 0.2) is 0 Å². The maximum Gasteiger partial charge on any atom is 0.204 e. The monoisotopic (exact) mass is 235 g/mol. The fourth-order valence-corrected chi connectivity index (χ4v) is 1.98. The molecule has 2 N–H and O–H groups in total. The van der Waals surface area contributed by atoms with Crippen molar-refractivity contribution in [3.8, 4) is 16.8 Å². The third-order valence-corrected chi connectivity index (χ3v) is 2.92. The average Bonchev–Trinajstić information content (AvgIpc) is 2.86. The summed E-state index contributed by atoms with van der Waals surface area (Å²) in [4.78, 5) is 4.01. The van der Waals surface area contributed by atoms with E-state index in [0.29, 0.717) is 5.95 Å². The van der Waals surface area contributed by atoms with E-state index in [9.17, 15) is 0 Å². The second-order valence-electron chi connectivity index (χ2n) is 4.07. The number of imidazole rings is 1. The lowest BCUT2D eigenvalue weighted by molar-refractivity contribution is 1.07. The molecule has 0 aliphatic rings. The predicted octanol–water partition coefficient (Wildman–Crippen LogP) is 3.12. The van der Waals surface area contributed by atoms with Crippen LogP contribution in [0.1, 0.15) is 0 Å². The van der Waals surface area contributed by atoms with Crippen molar-refractivity contribution in [1.29, 1.82) is 0 Å². The van der Waals surface area contributed by atoms with E-state index in [0.717, 1.165) is 5.69 Å². The molecule has 18 heavy (non-hydrogen) atoms. The van der Waals surface area contributed by atoms with Crippen molar-refractivity contribution in [3.63, 3.8) is 0 Å². The molecule has 0 saturated carbocycles. The molecular weight excluding hydrogens is 222 g/mol. The van der Waals surface area contributed by atoms with E-state index >= 15 is 0 Å². The quantitative estimate of drug-likeness (QED) is 0.741. The fourth-order valence-electron chi connectivity index (χ4n) is 1.98. The third-order valence-electron chi connectivity index (χ3n) is 2.92. The highest BCUT2D eigenvalue weighted by molar-refractivity contribution is 5.64. The molecule has 3 aromatic rings. The van der Waals surface area contributed by atoms with Gasteiger partial charge in [0.25, 0.3) is 0 Å². The zero-order valence-electron chi connectivity index (χ0n) is 9.82. The van der Waals surface area contributed by atoms with Crippen LogP contribution in [0.4, 0.5) is 5.95 Å².